The molecule has 0 spiro atoms. The second kappa shape index (κ2) is 5.92. The molecule has 21 heavy (non-hydrogen) atoms. The third-order valence-electron chi connectivity index (χ3n) is 4.26. The number of para-hydroxylation sites is 1. The summed E-state index contributed by atoms with van der Waals surface area (Å²) in [6, 6.07) is 6.95. The van der Waals surface area contributed by atoms with Crippen molar-refractivity contribution < 1.29 is 13.2 Å². The van der Waals surface area contributed by atoms with Crippen LogP contribution in [-0.2, 0) is 10.0 Å². The molecule has 3 fully saturated rings. The Morgan fingerprint density at radius 3 is 2.57 bits per heavy atom. The van der Waals surface area contributed by atoms with Gasteiger partial charge < -0.3 is 4.74 Å². The molecule has 2 bridgehead atoms. The van der Waals surface area contributed by atoms with Crippen molar-refractivity contribution in [3.05, 3.63) is 24.3 Å². The molecule has 4 rings (SSSR count). The fourth-order valence-corrected chi connectivity index (χ4v) is 4.28. The van der Waals surface area contributed by atoms with Crippen LogP contribution in [0, 0.1) is 0 Å². The van der Waals surface area contributed by atoms with Crippen molar-refractivity contribution in [2.75, 3.05) is 46.4 Å². The molecular weight excluding hydrogens is 290 g/mol. The first-order chi connectivity index (χ1) is 10.1. The first kappa shape index (κ1) is 14.8. The highest BCUT2D eigenvalue weighted by Gasteiger charge is 2.32. The number of ether oxygens (including phenoxy) is 1. The minimum Gasteiger partial charge on any atom is -0.495 e. The van der Waals surface area contributed by atoms with Gasteiger partial charge in [-0.1, -0.05) is 12.1 Å². The zero-order chi connectivity index (χ0) is 14.9. The van der Waals surface area contributed by atoms with Gasteiger partial charge in [-0.25, -0.2) is 13.1 Å². The molecule has 0 radical (unpaired) electrons. The van der Waals surface area contributed by atoms with Crippen LogP contribution >= 0.6 is 0 Å². The molecule has 1 aromatic carbocycles. The molecule has 1 aromatic rings. The predicted octanol–water partition coefficient (Wildman–Crippen LogP) is -0.0267. The lowest BCUT2D eigenvalue weighted by atomic mass is 10.1. The number of fused-ring (bicyclic) bond motifs is 3. The maximum atomic E-state index is 12.4. The van der Waals surface area contributed by atoms with Crippen LogP contribution in [0.25, 0.3) is 0 Å². The van der Waals surface area contributed by atoms with E-state index in [4.69, 9.17) is 4.74 Å². The SMILES string of the molecule is COc1ccccc1S(=O)(=O)NCC1CN2CCN1CC2. The van der Waals surface area contributed by atoms with Crippen LogP contribution in [0.1, 0.15) is 0 Å². The summed E-state index contributed by atoms with van der Waals surface area (Å²) >= 11 is 0. The molecule has 3 aliphatic heterocycles. The van der Waals surface area contributed by atoms with Gasteiger partial charge in [0.25, 0.3) is 0 Å². The molecule has 7 heteroatoms. The zero-order valence-corrected chi connectivity index (χ0v) is 13.0. The van der Waals surface area contributed by atoms with E-state index in [1.54, 1.807) is 24.3 Å². The van der Waals surface area contributed by atoms with Gasteiger partial charge in [0.15, 0.2) is 0 Å². The van der Waals surface area contributed by atoms with Crippen molar-refractivity contribution in [2.45, 2.75) is 10.9 Å². The molecule has 116 valence electrons. The second-order valence-corrected chi connectivity index (χ2v) is 7.23. The minimum absolute atomic E-state index is 0.198. The van der Waals surface area contributed by atoms with Crippen molar-refractivity contribution in [1.29, 1.82) is 0 Å². The normalized spacial score (nSPS) is 28.5. The monoisotopic (exact) mass is 311 g/mol. The lowest BCUT2D eigenvalue weighted by Crippen LogP contribution is -2.63. The standard InChI is InChI=1S/C14H21N3O3S/c1-20-13-4-2-3-5-14(13)21(18,19)15-10-12-11-16-6-8-17(12)9-7-16/h2-5,12,15H,6-11H2,1H3. The van der Waals surface area contributed by atoms with Gasteiger partial charge in [-0.05, 0) is 12.1 Å². The number of nitrogens with one attached hydrogen (secondary N) is 1. The number of methoxy groups -OCH3 is 1. The number of benzene rings is 1. The van der Waals surface area contributed by atoms with Crippen molar-refractivity contribution in [3.8, 4) is 5.75 Å². The first-order valence-electron chi connectivity index (χ1n) is 7.19. The smallest absolute Gasteiger partial charge is 0.244 e. The quantitative estimate of drug-likeness (QED) is 0.828. The summed E-state index contributed by atoms with van der Waals surface area (Å²) in [6.45, 7) is 5.62. The highest BCUT2D eigenvalue weighted by atomic mass is 32.2. The summed E-state index contributed by atoms with van der Waals surface area (Å²) < 4.78 is 32.7. The first-order valence-corrected chi connectivity index (χ1v) is 8.67. The Balaban J connectivity index is 1.69. The average Bonchev–Trinajstić information content (AvgIpc) is 2.54. The Morgan fingerprint density at radius 2 is 1.95 bits per heavy atom. The Hall–Kier alpha value is -1.15. The topological polar surface area (TPSA) is 61.9 Å². The number of sulfonamides is 1. The maximum Gasteiger partial charge on any atom is 0.244 e. The predicted molar refractivity (Wildman–Crippen MR) is 80.0 cm³/mol. The summed E-state index contributed by atoms with van der Waals surface area (Å²) in [4.78, 5) is 4.95. The number of hydrogen-bond donors (Lipinski definition) is 1. The molecular formula is C14H21N3O3S. The van der Waals surface area contributed by atoms with Crippen LogP contribution < -0.4 is 9.46 Å². The minimum atomic E-state index is -3.54. The van der Waals surface area contributed by atoms with E-state index >= 15 is 0 Å². The molecule has 6 nitrogen and oxygen atoms in total. The summed E-state index contributed by atoms with van der Waals surface area (Å²) in [5.41, 5.74) is 0. The number of hydrogen-bond acceptors (Lipinski definition) is 5. The fraction of sp³-hybridized carbons (Fsp3) is 0.571. The van der Waals surface area contributed by atoms with Crippen LogP contribution in [0.4, 0.5) is 0 Å². The molecule has 0 aliphatic carbocycles. The van der Waals surface area contributed by atoms with Gasteiger partial charge in [-0.15, -0.1) is 0 Å². The van der Waals surface area contributed by atoms with E-state index in [0.717, 1.165) is 32.7 Å². The third kappa shape index (κ3) is 3.06. The summed E-state index contributed by atoms with van der Waals surface area (Å²) in [5, 5.41) is 0. The fourth-order valence-electron chi connectivity index (χ4n) is 3.04. The number of nitrogens with zero attached hydrogens (tertiary/aromatic N) is 2. The summed E-state index contributed by atoms with van der Waals surface area (Å²) in [6.07, 6.45) is 0. The van der Waals surface area contributed by atoms with Gasteiger partial charge in [0.1, 0.15) is 10.6 Å². The van der Waals surface area contributed by atoms with Gasteiger partial charge in [-0.3, -0.25) is 9.80 Å². The van der Waals surface area contributed by atoms with Crippen LogP contribution in [0.3, 0.4) is 0 Å². The Morgan fingerprint density at radius 1 is 1.24 bits per heavy atom. The van der Waals surface area contributed by atoms with E-state index in [0.29, 0.717) is 12.3 Å². The molecule has 1 N–H and O–H groups in total. The van der Waals surface area contributed by atoms with Gasteiger partial charge in [0.05, 0.1) is 7.11 Å². The second-order valence-electron chi connectivity index (χ2n) is 5.49. The lowest BCUT2D eigenvalue weighted by Gasteiger charge is -2.47. The largest absolute Gasteiger partial charge is 0.495 e. The Bertz CT molecular complexity index is 597. The van der Waals surface area contributed by atoms with Gasteiger partial charge in [0.2, 0.25) is 10.0 Å². The Kier molecular flexibility index (Phi) is 4.17. The van der Waals surface area contributed by atoms with E-state index in [1.807, 2.05) is 0 Å². The van der Waals surface area contributed by atoms with E-state index in [-0.39, 0.29) is 10.9 Å². The van der Waals surface area contributed by atoms with Crippen molar-refractivity contribution in [2.24, 2.45) is 0 Å². The summed E-state index contributed by atoms with van der Waals surface area (Å²) in [5.74, 6) is 0.374. The van der Waals surface area contributed by atoms with E-state index in [2.05, 4.69) is 14.5 Å². The van der Waals surface area contributed by atoms with Crippen LogP contribution in [0.15, 0.2) is 29.2 Å². The molecule has 1 unspecified atom stereocenters. The Labute approximate surface area is 125 Å². The van der Waals surface area contributed by atoms with E-state index in [1.165, 1.54) is 7.11 Å². The maximum absolute atomic E-state index is 12.4. The molecule has 1 atom stereocenters. The molecule has 3 saturated heterocycles. The third-order valence-corrected chi connectivity index (χ3v) is 5.72. The molecule has 3 heterocycles. The summed E-state index contributed by atoms with van der Waals surface area (Å²) in [7, 11) is -2.06. The molecule has 3 aliphatic rings. The highest BCUT2D eigenvalue weighted by Crippen LogP contribution is 2.23. The van der Waals surface area contributed by atoms with Crippen molar-refractivity contribution in [1.82, 2.24) is 14.5 Å². The van der Waals surface area contributed by atoms with Gasteiger partial charge >= 0.3 is 0 Å². The van der Waals surface area contributed by atoms with E-state index < -0.39 is 10.0 Å². The number of piperazine rings is 3. The molecule has 0 aromatic heterocycles. The molecule has 0 saturated carbocycles. The van der Waals surface area contributed by atoms with Gasteiger partial charge in [0, 0.05) is 45.3 Å². The van der Waals surface area contributed by atoms with E-state index in [9.17, 15) is 8.42 Å². The van der Waals surface area contributed by atoms with Crippen LogP contribution in [-0.4, -0.2) is 70.6 Å². The zero-order valence-electron chi connectivity index (χ0n) is 12.2. The molecule has 0 amide bonds. The van der Waals surface area contributed by atoms with Crippen LogP contribution in [0.5, 0.6) is 5.75 Å². The lowest BCUT2D eigenvalue weighted by molar-refractivity contribution is 0.0158. The van der Waals surface area contributed by atoms with Crippen LogP contribution in [0.2, 0.25) is 0 Å². The van der Waals surface area contributed by atoms with Crippen molar-refractivity contribution >= 4 is 10.0 Å². The van der Waals surface area contributed by atoms with Gasteiger partial charge in [-0.2, -0.15) is 0 Å². The van der Waals surface area contributed by atoms with Crippen molar-refractivity contribution in [3.63, 3.8) is 0 Å². The number of rotatable bonds is 5. The average molecular weight is 311 g/mol. The highest BCUT2D eigenvalue weighted by molar-refractivity contribution is 7.89.